The van der Waals surface area contributed by atoms with Crippen LogP contribution in [0.1, 0.15) is 56.3 Å². The Labute approximate surface area is 126 Å². The van der Waals surface area contributed by atoms with Crippen LogP contribution in [0, 0.1) is 12.8 Å². The lowest BCUT2D eigenvalue weighted by molar-refractivity contribution is -0.133. The molecule has 3 heteroatoms. The molecule has 2 saturated carbocycles. The summed E-state index contributed by atoms with van der Waals surface area (Å²) in [5.41, 5.74) is 2.28. The molecule has 0 aromatic heterocycles. The minimum atomic E-state index is -0.224. The molecule has 3 atom stereocenters. The zero-order valence-corrected chi connectivity index (χ0v) is 12.9. The molecule has 0 bridgehead atoms. The number of hydrogen-bond acceptors (Lipinski definition) is 2. The molecular weight excluding hydrogens is 260 g/mol. The van der Waals surface area contributed by atoms with E-state index in [0.717, 1.165) is 19.3 Å². The van der Waals surface area contributed by atoms with Crippen molar-refractivity contribution < 1.29 is 4.79 Å². The monoisotopic (exact) mass is 284 g/mol. The number of carbonyl (C=O) groups is 1. The maximum Gasteiger partial charge on any atom is 0.244 e. The third kappa shape index (κ3) is 2.02. The molecule has 1 spiro atoms. The molecule has 3 aliphatic rings. The smallest absolute Gasteiger partial charge is 0.244 e. The fraction of sp³-hybridized carbons (Fsp3) is 0.611. The van der Waals surface area contributed by atoms with Gasteiger partial charge in [0.2, 0.25) is 5.91 Å². The van der Waals surface area contributed by atoms with Gasteiger partial charge in [-0.3, -0.25) is 10.1 Å². The summed E-state index contributed by atoms with van der Waals surface area (Å²) in [5, 5.41) is 3.65. The van der Waals surface area contributed by atoms with Crippen LogP contribution in [0.5, 0.6) is 0 Å². The predicted octanol–water partition coefficient (Wildman–Crippen LogP) is 3.15. The minimum Gasteiger partial charge on any atom is -0.318 e. The van der Waals surface area contributed by atoms with Crippen LogP contribution in [0.15, 0.2) is 24.3 Å². The quantitative estimate of drug-likeness (QED) is 0.905. The number of nitrogens with zero attached hydrogens (tertiary/aromatic N) is 1. The summed E-state index contributed by atoms with van der Waals surface area (Å²) in [6.45, 7) is 4.41. The number of nitrogens with one attached hydrogen (secondary N) is 1. The highest BCUT2D eigenvalue weighted by Gasteiger charge is 2.61. The normalized spacial score (nSPS) is 33.9. The lowest BCUT2D eigenvalue weighted by Gasteiger charge is -2.33. The van der Waals surface area contributed by atoms with Crippen LogP contribution in [0.4, 0.5) is 0 Å². The van der Waals surface area contributed by atoms with Crippen LogP contribution in [-0.4, -0.2) is 22.4 Å². The van der Waals surface area contributed by atoms with Gasteiger partial charge in [0.15, 0.2) is 0 Å². The van der Waals surface area contributed by atoms with E-state index in [1.165, 1.54) is 24.0 Å². The second-order valence-electron chi connectivity index (χ2n) is 7.23. The average Bonchev–Trinajstić information content (AvgIpc) is 3.06. The van der Waals surface area contributed by atoms with Gasteiger partial charge in [-0.2, -0.15) is 0 Å². The molecule has 3 unspecified atom stereocenters. The highest BCUT2D eigenvalue weighted by atomic mass is 16.2. The van der Waals surface area contributed by atoms with Gasteiger partial charge in [-0.1, -0.05) is 43.2 Å². The SMILES string of the molecule is Cc1ccc(C2NC3(CC3)C(=O)N2C2CCCC2C)cc1. The molecule has 4 rings (SSSR count). The van der Waals surface area contributed by atoms with Crippen LogP contribution in [-0.2, 0) is 4.79 Å². The molecule has 2 aliphatic carbocycles. The predicted molar refractivity (Wildman–Crippen MR) is 82.7 cm³/mol. The zero-order valence-electron chi connectivity index (χ0n) is 12.9. The van der Waals surface area contributed by atoms with Gasteiger partial charge in [0, 0.05) is 6.04 Å². The topological polar surface area (TPSA) is 32.3 Å². The van der Waals surface area contributed by atoms with Crippen LogP contribution in [0.2, 0.25) is 0 Å². The van der Waals surface area contributed by atoms with E-state index in [4.69, 9.17) is 0 Å². The summed E-state index contributed by atoms with van der Waals surface area (Å²) in [5.74, 6) is 0.976. The van der Waals surface area contributed by atoms with E-state index in [2.05, 4.69) is 48.3 Å². The Kier molecular flexibility index (Phi) is 2.90. The number of benzene rings is 1. The minimum absolute atomic E-state index is 0.0751. The fourth-order valence-corrected chi connectivity index (χ4v) is 4.11. The highest BCUT2D eigenvalue weighted by molar-refractivity contribution is 5.92. The van der Waals surface area contributed by atoms with E-state index < -0.39 is 0 Å². The molecule has 21 heavy (non-hydrogen) atoms. The van der Waals surface area contributed by atoms with Crippen molar-refractivity contribution in [2.24, 2.45) is 5.92 Å². The zero-order chi connectivity index (χ0) is 14.6. The van der Waals surface area contributed by atoms with Crippen molar-refractivity contribution in [3.63, 3.8) is 0 Å². The second kappa shape index (κ2) is 4.57. The third-order valence-corrected chi connectivity index (χ3v) is 5.65. The second-order valence-corrected chi connectivity index (χ2v) is 7.23. The Hall–Kier alpha value is -1.35. The molecule has 112 valence electrons. The van der Waals surface area contributed by atoms with Crippen molar-refractivity contribution in [2.75, 3.05) is 0 Å². The van der Waals surface area contributed by atoms with E-state index in [-0.39, 0.29) is 11.7 Å². The molecule has 1 heterocycles. The van der Waals surface area contributed by atoms with Gasteiger partial charge in [-0.15, -0.1) is 0 Å². The van der Waals surface area contributed by atoms with E-state index in [0.29, 0.717) is 17.9 Å². The molecule has 3 nitrogen and oxygen atoms in total. The fourth-order valence-electron chi connectivity index (χ4n) is 4.11. The number of amides is 1. The summed E-state index contributed by atoms with van der Waals surface area (Å²) in [6.07, 6.45) is 5.75. The molecule has 1 N–H and O–H groups in total. The number of carbonyl (C=O) groups excluding carboxylic acids is 1. The van der Waals surface area contributed by atoms with Crippen LogP contribution < -0.4 is 5.32 Å². The van der Waals surface area contributed by atoms with E-state index in [1.54, 1.807) is 0 Å². The van der Waals surface area contributed by atoms with E-state index >= 15 is 0 Å². The van der Waals surface area contributed by atoms with Crippen molar-refractivity contribution in [3.05, 3.63) is 35.4 Å². The number of aryl methyl sites for hydroxylation is 1. The van der Waals surface area contributed by atoms with Gasteiger partial charge in [0.05, 0.1) is 0 Å². The van der Waals surface area contributed by atoms with Gasteiger partial charge < -0.3 is 4.90 Å². The van der Waals surface area contributed by atoms with Crippen molar-refractivity contribution in [1.82, 2.24) is 10.2 Å². The molecule has 1 amide bonds. The first-order valence-corrected chi connectivity index (χ1v) is 8.28. The standard InChI is InChI=1S/C18H24N2O/c1-12-6-8-14(9-7-12)16-19-18(10-11-18)17(21)20(16)15-5-3-4-13(15)2/h6-9,13,15-16,19H,3-5,10-11H2,1-2H3. The number of hydrogen-bond donors (Lipinski definition) is 1. The Bertz CT molecular complexity index is 561. The lowest BCUT2D eigenvalue weighted by atomic mass is 10.0. The summed E-state index contributed by atoms with van der Waals surface area (Å²) in [4.78, 5) is 15.1. The Morgan fingerprint density at radius 2 is 1.90 bits per heavy atom. The van der Waals surface area contributed by atoms with Crippen molar-refractivity contribution in [3.8, 4) is 0 Å². The van der Waals surface area contributed by atoms with Crippen molar-refractivity contribution >= 4 is 5.91 Å². The van der Waals surface area contributed by atoms with Crippen LogP contribution in [0.25, 0.3) is 0 Å². The maximum atomic E-state index is 12.9. The Morgan fingerprint density at radius 1 is 1.19 bits per heavy atom. The van der Waals surface area contributed by atoms with Gasteiger partial charge in [-0.25, -0.2) is 0 Å². The van der Waals surface area contributed by atoms with E-state index in [9.17, 15) is 4.79 Å². The van der Waals surface area contributed by atoms with Gasteiger partial charge in [0.25, 0.3) is 0 Å². The number of rotatable bonds is 2. The summed E-state index contributed by atoms with van der Waals surface area (Å²) < 4.78 is 0. The molecule has 1 aliphatic heterocycles. The Morgan fingerprint density at radius 3 is 2.48 bits per heavy atom. The first-order valence-electron chi connectivity index (χ1n) is 8.28. The molecular formula is C18H24N2O. The average molecular weight is 284 g/mol. The molecule has 1 saturated heterocycles. The van der Waals surface area contributed by atoms with Crippen molar-refractivity contribution in [2.45, 2.75) is 63.7 Å². The van der Waals surface area contributed by atoms with Gasteiger partial charge in [-0.05, 0) is 44.1 Å². The molecule has 1 aromatic rings. The van der Waals surface area contributed by atoms with Crippen LogP contribution in [0.3, 0.4) is 0 Å². The van der Waals surface area contributed by atoms with Gasteiger partial charge >= 0.3 is 0 Å². The lowest BCUT2D eigenvalue weighted by Crippen LogP contribution is -2.41. The highest BCUT2D eigenvalue weighted by Crippen LogP contribution is 2.49. The first-order chi connectivity index (χ1) is 10.1. The van der Waals surface area contributed by atoms with Gasteiger partial charge in [0.1, 0.15) is 11.7 Å². The van der Waals surface area contributed by atoms with Crippen molar-refractivity contribution in [1.29, 1.82) is 0 Å². The molecule has 3 fully saturated rings. The third-order valence-electron chi connectivity index (χ3n) is 5.65. The summed E-state index contributed by atoms with van der Waals surface area (Å²) >= 11 is 0. The summed E-state index contributed by atoms with van der Waals surface area (Å²) in [6, 6.07) is 9.06. The van der Waals surface area contributed by atoms with Crippen LogP contribution >= 0.6 is 0 Å². The maximum absolute atomic E-state index is 12.9. The molecule has 0 radical (unpaired) electrons. The summed E-state index contributed by atoms with van der Waals surface area (Å²) in [7, 11) is 0. The largest absolute Gasteiger partial charge is 0.318 e. The Balaban J connectivity index is 1.70. The van der Waals surface area contributed by atoms with E-state index in [1.807, 2.05) is 0 Å². The molecule has 1 aromatic carbocycles. The first kappa shape index (κ1) is 13.3.